The highest BCUT2D eigenvalue weighted by molar-refractivity contribution is 6.31. The van der Waals surface area contributed by atoms with Crippen LogP contribution in [-0.2, 0) is 12.0 Å². The largest absolute Gasteiger partial charge is 0.496 e. The van der Waals surface area contributed by atoms with E-state index < -0.39 is 5.82 Å². The topological polar surface area (TPSA) is 47.6 Å². The molecule has 0 aromatic heterocycles. The van der Waals surface area contributed by atoms with E-state index in [2.05, 4.69) is 26.1 Å². The fraction of sp³-hybridized carbons (Fsp3) is 0.240. The summed E-state index contributed by atoms with van der Waals surface area (Å²) in [4.78, 5) is 12.7. The second-order valence-corrected chi connectivity index (χ2v) is 8.55. The van der Waals surface area contributed by atoms with Gasteiger partial charge in [-0.05, 0) is 53.4 Å². The van der Waals surface area contributed by atoms with Gasteiger partial charge in [-0.3, -0.25) is 4.79 Å². The highest BCUT2D eigenvalue weighted by Crippen LogP contribution is 2.32. The molecule has 0 saturated carbocycles. The van der Waals surface area contributed by atoms with Gasteiger partial charge in [0.25, 0.3) is 5.91 Å². The van der Waals surface area contributed by atoms with Gasteiger partial charge in [-0.1, -0.05) is 50.6 Å². The Balaban J connectivity index is 1.81. The van der Waals surface area contributed by atoms with Crippen molar-refractivity contribution in [1.82, 2.24) is 0 Å². The Kier molecular flexibility index (Phi) is 6.86. The molecule has 0 saturated heterocycles. The van der Waals surface area contributed by atoms with Crippen molar-refractivity contribution >= 4 is 23.2 Å². The Labute approximate surface area is 187 Å². The smallest absolute Gasteiger partial charge is 0.255 e. The van der Waals surface area contributed by atoms with Gasteiger partial charge < -0.3 is 14.8 Å². The van der Waals surface area contributed by atoms with Crippen LogP contribution < -0.4 is 14.8 Å². The van der Waals surface area contributed by atoms with Gasteiger partial charge in [0, 0.05) is 16.8 Å². The summed E-state index contributed by atoms with van der Waals surface area (Å²) >= 11 is 5.79. The van der Waals surface area contributed by atoms with Crippen LogP contribution >= 0.6 is 11.6 Å². The van der Waals surface area contributed by atoms with Gasteiger partial charge in [-0.15, -0.1) is 0 Å². The fourth-order valence-electron chi connectivity index (χ4n) is 3.18. The van der Waals surface area contributed by atoms with Crippen molar-refractivity contribution in [2.75, 3.05) is 12.4 Å². The molecule has 1 N–H and O–H groups in total. The van der Waals surface area contributed by atoms with Gasteiger partial charge in [0.1, 0.15) is 23.9 Å². The third-order valence-electron chi connectivity index (χ3n) is 4.80. The van der Waals surface area contributed by atoms with Crippen LogP contribution in [-0.4, -0.2) is 13.0 Å². The molecular weight excluding hydrogens is 417 g/mol. The van der Waals surface area contributed by atoms with E-state index in [0.29, 0.717) is 17.0 Å². The molecule has 31 heavy (non-hydrogen) atoms. The molecule has 0 radical (unpaired) electrons. The molecule has 162 valence electrons. The molecule has 6 heteroatoms. The summed E-state index contributed by atoms with van der Waals surface area (Å²) in [5, 5.41) is 2.67. The minimum absolute atomic E-state index is 0.0564. The summed E-state index contributed by atoms with van der Waals surface area (Å²) in [5.74, 6) is 0.517. The van der Waals surface area contributed by atoms with Crippen LogP contribution in [0.5, 0.6) is 11.5 Å². The molecule has 1 amide bonds. The first-order chi connectivity index (χ1) is 14.7. The molecule has 4 nitrogen and oxygen atoms in total. The second kappa shape index (κ2) is 9.40. The Morgan fingerprint density at radius 3 is 2.45 bits per heavy atom. The normalized spacial score (nSPS) is 11.2. The van der Waals surface area contributed by atoms with Crippen molar-refractivity contribution in [2.45, 2.75) is 32.8 Å². The molecule has 0 aliphatic rings. The van der Waals surface area contributed by atoms with Gasteiger partial charge in [-0.25, -0.2) is 4.39 Å². The fourth-order valence-corrected chi connectivity index (χ4v) is 3.36. The summed E-state index contributed by atoms with van der Waals surface area (Å²) in [6.07, 6.45) is 0. The minimum atomic E-state index is -0.543. The van der Waals surface area contributed by atoms with Gasteiger partial charge in [0.2, 0.25) is 0 Å². The standard InChI is InChI=1S/C25H25ClFNO3/c1-25(2,3)19-7-5-6-8-23(19)31-15-17-13-16(9-12-22(17)30-4)24(29)28-18-10-11-21(27)20(26)14-18/h5-14H,15H2,1-4H3,(H,28,29). The predicted molar refractivity (Wildman–Crippen MR) is 122 cm³/mol. The van der Waals surface area contributed by atoms with Crippen molar-refractivity contribution < 1.29 is 18.7 Å². The van der Waals surface area contributed by atoms with Crippen molar-refractivity contribution in [1.29, 1.82) is 0 Å². The van der Waals surface area contributed by atoms with Crippen molar-refractivity contribution in [3.8, 4) is 11.5 Å². The number of ether oxygens (including phenoxy) is 2. The summed E-state index contributed by atoms with van der Waals surface area (Å²) in [6.45, 7) is 6.62. The average molecular weight is 442 g/mol. The van der Waals surface area contributed by atoms with Gasteiger partial charge in [-0.2, -0.15) is 0 Å². The Hall–Kier alpha value is -3.05. The third kappa shape index (κ3) is 5.56. The number of para-hydroxylation sites is 1. The first-order valence-corrected chi connectivity index (χ1v) is 10.2. The molecule has 0 spiro atoms. The SMILES string of the molecule is COc1ccc(C(=O)Nc2ccc(F)c(Cl)c2)cc1COc1ccccc1C(C)(C)C. The summed E-state index contributed by atoms with van der Waals surface area (Å²) in [7, 11) is 1.57. The van der Waals surface area contributed by atoms with E-state index in [0.717, 1.165) is 16.9 Å². The molecule has 0 atom stereocenters. The number of halogens is 2. The zero-order valence-electron chi connectivity index (χ0n) is 18.0. The maximum Gasteiger partial charge on any atom is 0.255 e. The molecule has 3 rings (SSSR count). The lowest BCUT2D eigenvalue weighted by atomic mass is 9.86. The number of anilines is 1. The Bertz CT molecular complexity index is 1090. The predicted octanol–water partition coefficient (Wildman–Crippen LogP) is 6.62. The lowest BCUT2D eigenvalue weighted by Crippen LogP contribution is -2.14. The molecule has 0 aliphatic heterocycles. The van der Waals surface area contributed by atoms with Gasteiger partial charge in [0.15, 0.2) is 0 Å². The number of hydrogen-bond acceptors (Lipinski definition) is 3. The Morgan fingerprint density at radius 2 is 1.77 bits per heavy atom. The third-order valence-corrected chi connectivity index (χ3v) is 5.09. The van der Waals surface area contributed by atoms with E-state index in [9.17, 15) is 9.18 Å². The van der Waals surface area contributed by atoms with E-state index in [4.69, 9.17) is 21.1 Å². The number of nitrogens with one attached hydrogen (secondary N) is 1. The quantitative estimate of drug-likeness (QED) is 0.467. The van der Waals surface area contributed by atoms with E-state index in [1.165, 1.54) is 18.2 Å². The lowest BCUT2D eigenvalue weighted by molar-refractivity contribution is 0.102. The van der Waals surface area contributed by atoms with Crippen LogP contribution in [0.1, 0.15) is 42.3 Å². The van der Waals surface area contributed by atoms with E-state index in [-0.39, 0.29) is 23.0 Å². The maximum atomic E-state index is 13.3. The van der Waals surface area contributed by atoms with Crippen LogP contribution in [0.3, 0.4) is 0 Å². The van der Waals surface area contributed by atoms with Crippen LogP contribution in [0, 0.1) is 5.82 Å². The van der Waals surface area contributed by atoms with Crippen LogP contribution in [0.4, 0.5) is 10.1 Å². The molecule has 0 aliphatic carbocycles. The number of rotatable bonds is 6. The number of methoxy groups -OCH3 is 1. The number of benzene rings is 3. The Morgan fingerprint density at radius 1 is 1.03 bits per heavy atom. The number of carbonyl (C=O) groups is 1. The van der Waals surface area contributed by atoms with Crippen LogP contribution in [0.2, 0.25) is 5.02 Å². The summed E-state index contributed by atoms with van der Waals surface area (Å²) in [6, 6.07) is 17.0. The molecule has 0 fully saturated rings. The first kappa shape index (κ1) is 22.6. The zero-order valence-corrected chi connectivity index (χ0v) is 18.7. The molecule has 0 bridgehead atoms. The minimum Gasteiger partial charge on any atom is -0.496 e. The molecular formula is C25H25ClFNO3. The molecule has 3 aromatic carbocycles. The first-order valence-electron chi connectivity index (χ1n) is 9.84. The summed E-state index contributed by atoms with van der Waals surface area (Å²) < 4.78 is 24.9. The zero-order chi connectivity index (χ0) is 22.6. The van der Waals surface area contributed by atoms with E-state index in [1.807, 2.05) is 24.3 Å². The van der Waals surface area contributed by atoms with Crippen molar-refractivity contribution in [3.63, 3.8) is 0 Å². The van der Waals surface area contributed by atoms with Crippen molar-refractivity contribution in [3.05, 3.63) is 88.2 Å². The molecule has 0 heterocycles. The highest BCUT2D eigenvalue weighted by Gasteiger charge is 2.19. The second-order valence-electron chi connectivity index (χ2n) is 8.14. The van der Waals surface area contributed by atoms with Crippen LogP contribution in [0.15, 0.2) is 60.7 Å². The monoisotopic (exact) mass is 441 g/mol. The maximum absolute atomic E-state index is 13.3. The number of carbonyl (C=O) groups excluding carboxylic acids is 1. The van der Waals surface area contributed by atoms with E-state index >= 15 is 0 Å². The molecule has 0 unspecified atom stereocenters. The lowest BCUT2D eigenvalue weighted by Gasteiger charge is -2.23. The van der Waals surface area contributed by atoms with E-state index in [1.54, 1.807) is 25.3 Å². The van der Waals surface area contributed by atoms with Crippen molar-refractivity contribution in [2.24, 2.45) is 0 Å². The van der Waals surface area contributed by atoms with Gasteiger partial charge >= 0.3 is 0 Å². The number of amides is 1. The molecule has 3 aromatic rings. The number of hydrogen-bond donors (Lipinski definition) is 1. The van der Waals surface area contributed by atoms with Gasteiger partial charge in [0.05, 0.1) is 12.1 Å². The average Bonchev–Trinajstić information content (AvgIpc) is 2.74. The highest BCUT2D eigenvalue weighted by atomic mass is 35.5. The van der Waals surface area contributed by atoms with Crippen LogP contribution in [0.25, 0.3) is 0 Å². The summed E-state index contributed by atoms with van der Waals surface area (Å²) in [5.41, 5.74) is 2.58.